The molecule has 0 fully saturated rings. The molecule has 14 heavy (non-hydrogen) atoms. The largest absolute Gasteiger partial charge is 0.323 e. The van der Waals surface area contributed by atoms with E-state index in [-0.39, 0.29) is 5.91 Å². The standard InChI is InChI=1S/C10H17N3O/c1-6(2)5-9(14)11-10-7(3)12-13-8(10)4/h6H,5H2,1-4H3,(H,11,14)(H,12,13). The number of hydrogen-bond donors (Lipinski definition) is 2. The zero-order valence-electron chi connectivity index (χ0n) is 9.14. The minimum absolute atomic E-state index is 0.0487. The van der Waals surface area contributed by atoms with Gasteiger partial charge in [-0.05, 0) is 19.8 Å². The lowest BCUT2D eigenvalue weighted by molar-refractivity contribution is -0.116. The van der Waals surface area contributed by atoms with E-state index in [9.17, 15) is 4.79 Å². The third-order valence-corrected chi connectivity index (χ3v) is 1.99. The maximum atomic E-state index is 11.5. The van der Waals surface area contributed by atoms with E-state index in [4.69, 9.17) is 0 Å². The molecule has 1 heterocycles. The average Bonchev–Trinajstić information content (AvgIpc) is 2.34. The van der Waals surface area contributed by atoms with Gasteiger partial charge in [0, 0.05) is 6.42 Å². The first-order valence-corrected chi connectivity index (χ1v) is 4.82. The van der Waals surface area contributed by atoms with Gasteiger partial charge in [-0.1, -0.05) is 13.8 Å². The zero-order valence-corrected chi connectivity index (χ0v) is 9.14. The van der Waals surface area contributed by atoms with Crippen molar-refractivity contribution < 1.29 is 4.79 Å². The van der Waals surface area contributed by atoms with Gasteiger partial charge in [-0.15, -0.1) is 0 Å². The molecule has 4 nitrogen and oxygen atoms in total. The minimum atomic E-state index is 0.0487. The molecule has 0 atom stereocenters. The highest BCUT2D eigenvalue weighted by molar-refractivity contribution is 5.91. The van der Waals surface area contributed by atoms with Crippen molar-refractivity contribution >= 4 is 11.6 Å². The molecule has 0 aromatic carbocycles. The molecule has 1 amide bonds. The van der Waals surface area contributed by atoms with Crippen molar-refractivity contribution in [1.29, 1.82) is 0 Å². The van der Waals surface area contributed by atoms with Crippen molar-refractivity contribution in [3.8, 4) is 0 Å². The Morgan fingerprint density at radius 3 is 2.57 bits per heavy atom. The molecule has 0 aliphatic heterocycles. The van der Waals surface area contributed by atoms with E-state index in [1.54, 1.807) is 0 Å². The Labute approximate surface area is 84.1 Å². The maximum Gasteiger partial charge on any atom is 0.224 e. The predicted molar refractivity (Wildman–Crippen MR) is 56.1 cm³/mol. The first-order chi connectivity index (χ1) is 6.50. The molecule has 0 aliphatic rings. The van der Waals surface area contributed by atoms with E-state index in [1.807, 2.05) is 27.7 Å². The normalized spacial score (nSPS) is 10.6. The Morgan fingerprint density at radius 2 is 2.14 bits per heavy atom. The molecule has 1 aromatic rings. The fraction of sp³-hybridized carbons (Fsp3) is 0.600. The second-order valence-electron chi connectivity index (χ2n) is 3.96. The van der Waals surface area contributed by atoms with Crippen LogP contribution in [0.5, 0.6) is 0 Å². The number of aryl methyl sites for hydroxylation is 2. The Balaban J connectivity index is 2.64. The summed E-state index contributed by atoms with van der Waals surface area (Å²) >= 11 is 0. The van der Waals surface area contributed by atoms with Crippen molar-refractivity contribution in [2.24, 2.45) is 5.92 Å². The van der Waals surface area contributed by atoms with Gasteiger partial charge in [0.25, 0.3) is 0 Å². The van der Waals surface area contributed by atoms with Gasteiger partial charge in [-0.25, -0.2) is 0 Å². The van der Waals surface area contributed by atoms with E-state index in [2.05, 4.69) is 15.5 Å². The summed E-state index contributed by atoms with van der Waals surface area (Å²) in [5.41, 5.74) is 2.55. The quantitative estimate of drug-likeness (QED) is 0.775. The molecule has 78 valence electrons. The van der Waals surface area contributed by atoms with Gasteiger partial charge in [0.05, 0.1) is 17.1 Å². The number of amides is 1. The molecule has 0 radical (unpaired) electrons. The van der Waals surface area contributed by atoms with Gasteiger partial charge in [0.1, 0.15) is 0 Å². The maximum absolute atomic E-state index is 11.5. The van der Waals surface area contributed by atoms with Crippen molar-refractivity contribution in [2.75, 3.05) is 5.32 Å². The topological polar surface area (TPSA) is 57.8 Å². The summed E-state index contributed by atoms with van der Waals surface area (Å²) < 4.78 is 0. The van der Waals surface area contributed by atoms with E-state index in [0.717, 1.165) is 17.1 Å². The number of carbonyl (C=O) groups is 1. The first kappa shape index (κ1) is 10.8. The number of nitrogens with one attached hydrogen (secondary N) is 2. The summed E-state index contributed by atoms with van der Waals surface area (Å²) in [6.07, 6.45) is 0.546. The second-order valence-corrected chi connectivity index (χ2v) is 3.96. The van der Waals surface area contributed by atoms with Crippen LogP contribution in [0.4, 0.5) is 5.69 Å². The van der Waals surface area contributed by atoms with Crippen LogP contribution < -0.4 is 5.32 Å². The van der Waals surface area contributed by atoms with Crippen molar-refractivity contribution in [3.05, 3.63) is 11.4 Å². The first-order valence-electron chi connectivity index (χ1n) is 4.82. The Morgan fingerprint density at radius 1 is 1.50 bits per heavy atom. The van der Waals surface area contributed by atoms with Gasteiger partial charge in [0.2, 0.25) is 5.91 Å². The molecule has 4 heteroatoms. The summed E-state index contributed by atoms with van der Waals surface area (Å²) in [6.45, 7) is 7.81. The van der Waals surface area contributed by atoms with E-state index >= 15 is 0 Å². The molecule has 0 spiro atoms. The predicted octanol–water partition coefficient (Wildman–Crippen LogP) is 2.01. The van der Waals surface area contributed by atoms with Crippen LogP contribution in [0.3, 0.4) is 0 Å². The summed E-state index contributed by atoms with van der Waals surface area (Å²) in [5.74, 6) is 0.426. The van der Waals surface area contributed by atoms with Gasteiger partial charge in [-0.3, -0.25) is 9.89 Å². The zero-order chi connectivity index (χ0) is 10.7. The van der Waals surface area contributed by atoms with E-state index < -0.39 is 0 Å². The lowest BCUT2D eigenvalue weighted by Crippen LogP contribution is -2.14. The van der Waals surface area contributed by atoms with Crippen LogP contribution in [0.1, 0.15) is 31.7 Å². The minimum Gasteiger partial charge on any atom is -0.323 e. The Hall–Kier alpha value is -1.32. The number of hydrogen-bond acceptors (Lipinski definition) is 2. The summed E-state index contributed by atoms with van der Waals surface area (Å²) in [6, 6.07) is 0. The monoisotopic (exact) mass is 195 g/mol. The summed E-state index contributed by atoms with van der Waals surface area (Å²) in [5, 5.41) is 9.70. The fourth-order valence-corrected chi connectivity index (χ4v) is 1.30. The molecule has 1 rings (SSSR count). The number of carbonyl (C=O) groups excluding carboxylic acids is 1. The number of aromatic amines is 1. The van der Waals surface area contributed by atoms with Crippen LogP contribution >= 0.6 is 0 Å². The van der Waals surface area contributed by atoms with Gasteiger partial charge >= 0.3 is 0 Å². The number of anilines is 1. The highest BCUT2D eigenvalue weighted by atomic mass is 16.1. The Bertz CT molecular complexity index is 309. The Kier molecular flexibility index (Phi) is 3.28. The van der Waals surface area contributed by atoms with Gasteiger partial charge < -0.3 is 5.32 Å². The molecule has 0 unspecified atom stereocenters. The summed E-state index contributed by atoms with van der Waals surface area (Å²) in [7, 11) is 0. The van der Waals surface area contributed by atoms with Crippen LogP contribution in [-0.2, 0) is 4.79 Å². The number of aromatic nitrogens is 2. The highest BCUT2D eigenvalue weighted by Gasteiger charge is 2.10. The van der Waals surface area contributed by atoms with Gasteiger partial charge in [0.15, 0.2) is 0 Å². The van der Waals surface area contributed by atoms with E-state index in [0.29, 0.717) is 12.3 Å². The molecular formula is C10H17N3O. The third kappa shape index (κ3) is 2.58. The van der Waals surface area contributed by atoms with Crippen LogP contribution in [0.15, 0.2) is 0 Å². The van der Waals surface area contributed by atoms with Crippen LogP contribution in [0, 0.1) is 19.8 Å². The molecule has 0 saturated carbocycles. The SMILES string of the molecule is Cc1n[nH]c(C)c1NC(=O)CC(C)C. The van der Waals surface area contributed by atoms with Crippen LogP contribution in [0.2, 0.25) is 0 Å². The third-order valence-electron chi connectivity index (χ3n) is 1.99. The second kappa shape index (κ2) is 4.26. The molecule has 0 bridgehead atoms. The van der Waals surface area contributed by atoms with Crippen molar-refractivity contribution in [1.82, 2.24) is 10.2 Å². The number of H-pyrrole nitrogens is 1. The van der Waals surface area contributed by atoms with Crippen molar-refractivity contribution in [3.63, 3.8) is 0 Å². The highest BCUT2D eigenvalue weighted by Crippen LogP contribution is 2.16. The van der Waals surface area contributed by atoms with Gasteiger partial charge in [-0.2, -0.15) is 5.10 Å². The molecule has 0 aliphatic carbocycles. The summed E-state index contributed by atoms with van der Waals surface area (Å²) in [4.78, 5) is 11.5. The molecular weight excluding hydrogens is 178 g/mol. The number of nitrogens with zero attached hydrogens (tertiary/aromatic N) is 1. The van der Waals surface area contributed by atoms with E-state index in [1.165, 1.54) is 0 Å². The molecule has 0 saturated heterocycles. The lowest BCUT2D eigenvalue weighted by atomic mass is 10.1. The fourth-order valence-electron chi connectivity index (χ4n) is 1.30. The smallest absolute Gasteiger partial charge is 0.224 e. The number of rotatable bonds is 3. The van der Waals surface area contributed by atoms with Crippen LogP contribution in [-0.4, -0.2) is 16.1 Å². The lowest BCUT2D eigenvalue weighted by Gasteiger charge is -2.06. The van der Waals surface area contributed by atoms with Crippen molar-refractivity contribution in [2.45, 2.75) is 34.1 Å². The molecule has 1 aromatic heterocycles. The van der Waals surface area contributed by atoms with Crippen LogP contribution in [0.25, 0.3) is 0 Å². The average molecular weight is 195 g/mol. The molecule has 2 N–H and O–H groups in total.